The van der Waals surface area contributed by atoms with Gasteiger partial charge in [0, 0.05) is 6.42 Å². The van der Waals surface area contributed by atoms with Crippen LogP contribution < -0.4 is 11.1 Å². The van der Waals surface area contributed by atoms with Gasteiger partial charge in [0.1, 0.15) is 6.04 Å². The fraction of sp³-hybridized carbons (Fsp3) is 0.429. The Balaban J connectivity index is 2.81. The van der Waals surface area contributed by atoms with Crippen LogP contribution in [0, 0.1) is 17.6 Å². The number of halogens is 2. The Kier molecular flexibility index (Phi) is 5.78. The Bertz CT molecular complexity index is 535. The number of amides is 1. The van der Waals surface area contributed by atoms with Crippen molar-refractivity contribution >= 4 is 11.9 Å². The van der Waals surface area contributed by atoms with Crippen molar-refractivity contribution < 1.29 is 23.5 Å². The number of hydrogen-bond acceptors (Lipinski definition) is 3. The fourth-order valence-corrected chi connectivity index (χ4v) is 1.67. The molecule has 0 spiro atoms. The molecule has 1 aromatic rings. The molecule has 4 N–H and O–H groups in total. The molecule has 0 heterocycles. The molecular weight excluding hydrogens is 282 g/mol. The van der Waals surface area contributed by atoms with Crippen LogP contribution in [0.4, 0.5) is 8.78 Å². The number of rotatable bonds is 6. The molecule has 5 nitrogen and oxygen atoms in total. The molecule has 0 aliphatic heterocycles. The van der Waals surface area contributed by atoms with Crippen molar-refractivity contribution in [3.05, 3.63) is 35.4 Å². The molecule has 0 aliphatic rings. The minimum atomic E-state index is -1.27. The average molecular weight is 300 g/mol. The zero-order valence-corrected chi connectivity index (χ0v) is 11.8. The van der Waals surface area contributed by atoms with E-state index in [0.717, 1.165) is 12.1 Å². The molecule has 0 aliphatic carbocycles. The maximum Gasteiger partial charge on any atom is 0.326 e. The maximum absolute atomic E-state index is 13.1. The highest BCUT2D eigenvalue weighted by molar-refractivity contribution is 5.87. The molecule has 1 amide bonds. The maximum atomic E-state index is 13.1. The van der Waals surface area contributed by atoms with Gasteiger partial charge in [-0.1, -0.05) is 19.9 Å². The van der Waals surface area contributed by atoms with Gasteiger partial charge in [0.15, 0.2) is 11.6 Å². The Morgan fingerprint density at radius 3 is 2.38 bits per heavy atom. The average Bonchev–Trinajstić information content (AvgIpc) is 2.40. The van der Waals surface area contributed by atoms with Crippen molar-refractivity contribution in [3.8, 4) is 0 Å². The number of carboxylic acid groups (broad SMARTS) is 1. The van der Waals surface area contributed by atoms with Crippen LogP contribution in [0.15, 0.2) is 18.2 Å². The van der Waals surface area contributed by atoms with Gasteiger partial charge in [-0.2, -0.15) is 0 Å². The summed E-state index contributed by atoms with van der Waals surface area (Å²) in [6, 6.07) is 0.984. The number of carbonyl (C=O) groups excluding carboxylic acids is 1. The fourth-order valence-electron chi connectivity index (χ4n) is 1.67. The van der Waals surface area contributed by atoms with Gasteiger partial charge in [0.05, 0.1) is 6.04 Å². The van der Waals surface area contributed by atoms with Crippen molar-refractivity contribution in [2.45, 2.75) is 32.4 Å². The van der Waals surface area contributed by atoms with Crippen molar-refractivity contribution in [1.29, 1.82) is 0 Å². The summed E-state index contributed by atoms with van der Waals surface area (Å²) >= 11 is 0. The molecule has 0 bridgehead atoms. The number of hydrogen-bond donors (Lipinski definition) is 3. The molecule has 0 saturated carbocycles. The minimum absolute atomic E-state index is 0.150. The number of aliphatic carboxylic acids is 1. The van der Waals surface area contributed by atoms with Gasteiger partial charge < -0.3 is 16.2 Å². The largest absolute Gasteiger partial charge is 0.480 e. The Morgan fingerprint density at radius 1 is 1.29 bits per heavy atom. The standard InChI is InChI=1S/C14H18F2N2O3/c1-7(2)12(17)13(19)18-11(14(20)21)6-8-3-4-9(15)10(16)5-8/h3-5,7,11-12H,6,17H2,1-2H3,(H,18,19)(H,20,21). The van der Waals surface area contributed by atoms with Gasteiger partial charge in [-0.05, 0) is 23.6 Å². The van der Waals surface area contributed by atoms with Crippen LogP contribution in [0.2, 0.25) is 0 Å². The van der Waals surface area contributed by atoms with Crippen LogP contribution >= 0.6 is 0 Å². The number of nitrogens with two attached hydrogens (primary N) is 1. The molecule has 2 unspecified atom stereocenters. The molecule has 0 aromatic heterocycles. The van der Waals surface area contributed by atoms with Crippen LogP contribution in [-0.4, -0.2) is 29.1 Å². The number of nitrogens with one attached hydrogen (secondary N) is 1. The van der Waals surface area contributed by atoms with E-state index in [2.05, 4.69) is 5.32 Å². The lowest BCUT2D eigenvalue weighted by Crippen LogP contribution is -2.51. The summed E-state index contributed by atoms with van der Waals surface area (Å²) in [7, 11) is 0. The highest BCUT2D eigenvalue weighted by atomic mass is 19.2. The van der Waals surface area contributed by atoms with Crippen LogP contribution in [0.25, 0.3) is 0 Å². The zero-order valence-electron chi connectivity index (χ0n) is 11.8. The van der Waals surface area contributed by atoms with Crippen LogP contribution in [-0.2, 0) is 16.0 Å². The summed E-state index contributed by atoms with van der Waals surface area (Å²) < 4.78 is 25.9. The monoisotopic (exact) mass is 300 g/mol. The molecule has 0 saturated heterocycles. The van der Waals surface area contributed by atoms with E-state index in [9.17, 15) is 18.4 Å². The second-order valence-corrected chi connectivity index (χ2v) is 5.12. The normalized spacial score (nSPS) is 13.8. The first-order chi connectivity index (χ1) is 9.72. The lowest BCUT2D eigenvalue weighted by Gasteiger charge is -2.20. The quantitative estimate of drug-likeness (QED) is 0.732. The van der Waals surface area contributed by atoms with Crippen LogP contribution in [0.1, 0.15) is 19.4 Å². The predicted molar refractivity (Wildman–Crippen MR) is 72.4 cm³/mol. The first-order valence-corrected chi connectivity index (χ1v) is 6.45. The third-order valence-electron chi connectivity index (χ3n) is 3.06. The highest BCUT2D eigenvalue weighted by Crippen LogP contribution is 2.11. The summed E-state index contributed by atoms with van der Waals surface area (Å²) in [6.07, 6.45) is -0.164. The second kappa shape index (κ2) is 7.12. The predicted octanol–water partition coefficient (Wildman–Crippen LogP) is 1.06. The van der Waals surface area contributed by atoms with E-state index >= 15 is 0 Å². The third-order valence-corrected chi connectivity index (χ3v) is 3.06. The molecule has 7 heteroatoms. The van der Waals surface area contributed by atoms with Crippen molar-refractivity contribution in [2.75, 3.05) is 0 Å². The zero-order chi connectivity index (χ0) is 16.2. The number of carbonyl (C=O) groups is 2. The Labute approximate surface area is 121 Å². The summed E-state index contributed by atoms with van der Waals surface area (Å²) in [6.45, 7) is 3.46. The van der Waals surface area contributed by atoms with Gasteiger partial charge >= 0.3 is 5.97 Å². The van der Waals surface area contributed by atoms with E-state index < -0.39 is 35.6 Å². The summed E-state index contributed by atoms with van der Waals surface area (Å²) in [5.74, 6) is -4.11. The lowest BCUT2D eigenvalue weighted by atomic mass is 10.0. The third kappa shape index (κ3) is 4.78. The molecule has 1 aromatic carbocycles. The van der Waals surface area contributed by atoms with Gasteiger partial charge in [-0.25, -0.2) is 13.6 Å². The van der Waals surface area contributed by atoms with E-state index in [1.54, 1.807) is 13.8 Å². The molecule has 1 rings (SSSR count). The van der Waals surface area contributed by atoms with Crippen molar-refractivity contribution in [3.63, 3.8) is 0 Å². The first-order valence-electron chi connectivity index (χ1n) is 6.45. The summed E-state index contributed by atoms with van der Waals surface area (Å²) in [5, 5.41) is 11.4. The van der Waals surface area contributed by atoms with Crippen LogP contribution in [0.5, 0.6) is 0 Å². The van der Waals surface area contributed by atoms with Gasteiger partial charge in [0.25, 0.3) is 0 Å². The lowest BCUT2D eigenvalue weighted by molar-refractivity contribution is -0.142. The molecular formula is C14H18F2N2O3. The molecule has 116 valence electrons. The van der Waals surface area contributed by atoms with Gasteiger partial charge in [0.2, 0.25) is 5.91 Å². The van der Waals surface area contributed by atoms with Crippen molar-refractivity contribution in [1.82, 2.24) is 5.32 Å². The SMILES string of the molecule is CC(C)C(N)C(=O)NC(Cc1ccc(F)c(F)c1)C(=O)O. The topological polar surface area (TPSA) is 92.4 Å². The highest BCUT2D eigenvalue weighted by Gasteiger charge is 2.25. The summed E-state index contributed by atoms with van der Waals surface area (Å²) in [5.41, 5.74) is 5.89. The number of carboxylic acids is 1. The second-order valence-electron chi connectivity index (χ2n) is 5.12. The minimum Gasteiger partial charge on any atom is -0.480 e. The summed E-state index contributed by atoms with van der Waals surface area (Å²) in [4.78, 5) is 22.9. The smallest absolute Gasteiger partial charge is 0.326 e. The molecule has 21 heavy (non-hydrogen) atoms. The molecule has 0 fully saturated rings. The van der Waals surface area contributed by atoms with E-state index in [-0.39, 0.29) is 17.9 Å². The van der Waals surface area contributed by atoms with Crippen LogP contribution in [0.3, 0.4) is 0 Å². The van der Waals surface area contributed by atoms with E-state index in [4.69, 9.17) is 10.8 Å². The molecule has 0 radical (unpaired) electrons. The van der Waals surface area contributed by atoms with Gasteiger partial charge in [-0.15, -0.1) is 0 Å². The van der Waals surface area contributed by atoms with Gasteiger partial charge in [-0.3, -0.25) is 4.79 Å². The van der Waals surface area contributed by atoms with E-state index in [1.807, 2.05) is 0 Å². The van der Waals surface area contributed by atoms with E-state index in [1.165, 1.54) is 6.07 Å². The van der Waals surface area contributed by atoms with Crippen molar-refractivity contribution in [2.24, 2.45) is 11.7 Å². The Morgan fingerprint density at radius 2 is 1.90 bits per heavy atom. The number of benzene rings is 1. The van der Waals surface area contributed by atoms with E-state index in [0.29, 0.717) is 0 Å². The Hall–Kier alpha value is -2.02. The first kappa shape index (κ1) is 17.0. The molecule has 2 atom stereocenters.